The molecule has 0 amide bonds. The molecule has 0 fully saturated rings. The molecule has 0 aliphatic carbocycles. The van der Waals surface area contributed by atoms with Crippen LogP contribution in [0.4, 0.5) is 5.69 Å². The van der Waals surface area contributed by atoms with Gasteiger partial charge in [-0.25, -0.2) is 0 Å². The molecule has 0 unspecified atom stereocenters. The van der Waals surface area contributed by atoms with Crippen LogP contribution in [0.2, 0.25) is 0 Å². The Balaban J connectivity index is 1.84. The van der Waals surface area contributed by atoms with E-state index in [0.29, 0.717) is 36.3 Å². The smallest absolute Gasteiger partial charge is 0.174 e. The molecule has 0 radical (unpaired) electrons. The van der Waals surface area contributed by atoms with Gasteiger partial charge in [-0.05, 0) is 49.5 Å². The Morgan fingerprint density at radius 2 is 1.83 bits per heavy atom. The van der Waals surface area contributed by atoms with Crippen LogP contribution in [0.3, 0.4) is 0 Å². The highest BCUT2D eigenvalue weighted by molar-refractivity contribution is 7.80. The molecule has 0 saturated carbocycles. The van der Waals surface area contributed by atoms with Crippen molar-refractivity contribution < 1.29 is 18.6 Å². The summed E-state index contributed by atoms with van der Waals surface area (Å²) in [5.41, 5.74) is 1.79. The largest absolute Gasteiger partial charge is 0.497 e. The van der Waals surface area contributed by atoms with E-state index in [9.17, 15) is 0 Å². The Morgan fingerprint density at radius 3 is 2.53 bits per heavy atom. The molecule has 0 bridgehead atoms. The number of anilines is 1. The van der Waals surface area contributed by atoms with E-state index in [1.165, 1.54) is 0 Å². The van der Waals surface area contributed by atoms with E-state index in [2.05, 4.69) is 5.32 Å². The third-order valence-corrected chi connectivity index (χ3v) is 4.86. The first-order valence-corrected chi connectivity index (χ1v) is 10.1. The van der Waals surface area contributed by atoms with Crippen LogP contribution in [-0.2, 0) is 13.1 Å². The summed E-state index contributed by atoms with van der Waals surface area (Å²) in [6, 6.07) is 17.3. The topological polar surface area (TPSA) is 56.1 Å². The van der Waals surface area contributed by atoms with Crippen LogP contribution in [-0.4, -0.2) is 30.8 Å². The molecule has 1 aromatic heterocycles. The first-order valence-electron chi connectivity index (χ1n) is 9.65. The number of ether oxygens (including phenoxy) is 3. The fourth-order valence-corrected chi connectivity index (χ4v) is 3.26. The summed E-state index contributed by atoms with van der Waals surface area (Å²) < 4.78 is 22.1. The zero-order valence-electron chi connectivity index (χ0n) is 17.4. The Bertz CT molecular complexity index is 960. The van der Waals surface area contributed by atoms with E-state index >= 15 is 0 Å². The number of nitrogens with one attached hydrogen (secondary N) is 1. The molecule has 30 heavy (non-hydrogen) atoms. The number of furan rings is 1. The van der Waals surface area contributed by atoms with Crippen LogP contribution in [0.25, 0.3) is 0 Å². The normalized spacial score (nSPS) is 10.4. The molecule has 3 aromatic rings. The molecule has 6 nitrogen and oxygen atoms in total. The molecule has 1 N–H and O–H groups in total. The number of benzene rings is 2. The number of nitrogens with zero attached hydrogens (tertiary/aromatic N) is 1. The monoisotopic (exact) mass is 426 g/mol. The zero-order valence-corrected chi connectivity index (χ0v) is 18.2. The molecule has 0 saturated heterocycles. The van der Waals surface area contributed by atoms with Crippen molar-refractivity contribution in [3.8, 4) is 17.2 Å². The number of hydrogen-bond donors (Lipinski definition) is 1. The summed E-state index contributed by atoms with van der Waals surface area (Å²) in [6.45, 7) is 3.64. The minimum Gasteiger partial charge on any atom is -0.497 e. The van der Waals surface area contributed by atoms with Gasteiger partial charge in [0.15, 0.2) is 5.11 Å². The van der Waals surface area contributed by atoms with Gasteiger partial charge in [-0.2, -0.15) is 0 Å². The fourth-order valence-electron chi connectivity index (χ4n) is 3.02. The molecule has 0 spiro atoms. The van der Waals surface area contributed by atoms with Crippen molar-refractivity contribution in [3.63, 3.8) is 0 Å². The van der Waals surface area contributed by atoms with Crippen LogP contribution in [0.1, 0.15) is 18.2 Å². The minimum absolute atomic E-state index is 0.512. The van der Waals surface area contributed by atoms with Crippen molar-refractivity contribution in [1.29, 1.82) is 0 Å². The van der Waals surface area contributed by atoms with Gasteiger partial charge in [-0.1, -0.05) is 18.2 Å². The third-order valence-electron chi connectivity index (χ3n) is 4.50. The summed E-state index contributed by atoms with van der Waals surface area (Å²) in [6.07, 6.45) is 1.66. The van der Waals surface area contributed by atoms with Crippen molar-refractivity contribution in [1.82, 2.24) is 4.90 Å². The lowest BCUT2D eigenvalue weighted by Crippen LogP contribution is -2.34. The predicted molar refractivity (Wildman–Crippen MR) is 121 cm³/mol. The SMILES string of the molecule is CCOc1ccccc1CN(Cc1ccco1)C(=S)Nc1ccc(OC)cc1OC. The zero-order chi connectivity index (χ0) is 21.3. The number of rotatable bonds is 9. The summed E-state index contributed by atoms with van der Waals surface area (Å²) in [4.78, 5) is 2.02. The lowest BCUT2D eigenvalue weighted by molar-refractivity contribution is 0.320. The first kappa shape index (κ1) is 21.5. The van der Waals surface area contributed by atoms with Crippen LogP contribution in [0.5, 0.6) is 17.2 Å². The molecule has 0 aliphatic rings. The Morgan fingerprint density at radius 1 is 1.00 bits per heavy atom. The molecule has 7 heteroatoms. The van der Waals surface area contributed by atoms with Gasteiger partial charge < -0.3 is 28.8 Å². The van der Waals surface area contributed by atoms with Crippen molar-refractivity contribution in [2.45, 2.75) is 20.0 Å². The average molecular weight is 427 g/mol. The maximum absolute atomic E-state index is 5.79. The molecular weight excluding hydrogens is 400 g/mol. The lowest BCUT2D eigenvalue weighted by Gasteiger charge is -2.26. The molecular formula is C23H26N2O4S. The Hall–Kier alpha value is -3.19. The van der Waals surface area contributed by atoms with Crippen LogP contribution in [0.15, 0.2) is 65.3 Å². The van der Waals surface area contributed by atoms with E-state index in [1.807, 2.05) is 66.4 Å². The van der Waals surface area contributed by atoms with E-state index < -0.39 is 0 Å². The highest BCUT2D eigenvalue weighted by Crippen LogP contribution is 2.30. The van der Waals surface area contributed by atoms with Crippen LogP contribution >= 0.6 is 12.2 Å². The average Bonchev–Trinajstić information content (AvgIpc) is 3.28. The van der Waals surface area contributed by atoms with Gasteiger partial charge in [-0.15, -0.1) is 0 Å². The van der Waals surface area contributed by atoms with Crippen LogP contribution in [0, 0.1) is 0 Å². The first-order chi connectivity index (χ1) is 14.6. The second kappa shape index (κ2) is 10.5. The van der Waals surface area contributed by atoms with Gasteiger partial charge in [0.25, 0.3) is 0 Å². The van der Waals surface area contributed by atoms with Crippen molar-refractivity contribution >= 4 is 23.0 Å². The molecule has 0 atom stereocenters. The summed E-state index contributed by atoms with van der Waals surface area (Å²) in [5.74, 6) is 3.01. The van der Waals surface area contributed by atoms with Crippen molar-refractivity contribution in [2.24, 2.45) is 0 Å². The number of para-hydroxylation sites is 1. The van der Waals surface area contributed by atoms with Gasteiger partial charge in [0.2, 0.25) is 0 Å². The quantitative estimate of drug-likeness (QED) is 0.478. The Labute approximate surface area is 182 Å². The number of hydrogen-bond acceptors (Lipinski definition) is 5. The van der Waals surface area contributed by atoms with E-state index in [4.69, 9.17) is 30.8 Å². The molecule has 158 valence electrons. The summed E-state index contributed by atoms with van der Waals surface area (Å²) in [7, 11) is 3.23. The second-order valence-electron chi connectivity index (χ2n) is 6.47. The predicted octanol–water partition coefficient (Wildman–Crippen LogP) is 5.09. The number of methoxy groups -OCH3 is 2. The van der Waals surface area contributed by atoms with E-state index in [-0.39, 0.29) is 0 Å². The fraction of sp³-hybridized carbons (Fsp3) is 0.261. The van der Waals surface area contributed by atoms with Gasteiger partial charge in [-0.3, -0.25) is 0 Å². The van der Waals surface area contributed by atoms with Gasteiger partial charge in [0.1, 0.15) is 23.0 Å². The third kappa shape index (κ3) is 5.45. The van der Waals surface area contributed by atoms with Gasteiger partial charge in [0.05, 0.1) is 39.3 Å². The van der Waals surface area contributed by atoms with Crippen molar-refractivity contribution in [2.75, 3.05) is 26.1 Å². The minimum atomic E-state index is 0.512. The highest BCUT2D eigenvalue weighted by atomic mass is 32.1. The summed E-state index contributed by atoms with van der Waals surface area (Å²) >= 11 is 5.75. The van der Waals surface area contributed by atoms with Crippen LogP contribution < -0.4 is 19.5 Å². The van der Waals surface area contributed by atoms with Gasteiger partial charge >= 0.3 is 0 Å². The molecule has 0 aliphatic heterocycles. The maximum atomic E-state index is 5.79. The highest BCUT2D eigenvalue weighted by Gasteiger charge is 2.17. The van der Waals surface area contributed by atoms with Gasteiger partial charge in [0, 0.05) is 18.2 Å². The molecule has 2 aromatic carbocycles. The standard InChI is InChI=1S/C23H26N2O4S/c1-4-28-21-10-6-5-8-17(21)15-25(16-19-9-7-13-29-19)23(30)24-20-12-11-18(26-2)14-22(20)27-3/h5-14H,4,15-16H2,1-3H3,(H,24,30). The van der Waals surface area contributed by atoms with E-state index in [1.54, 1.807) is 20.5 Å². The summed E-state index contributed by atoms with van der Waals surface area (Å²) in [5, 5.41) is 3.83. The van der Waals surface area contributed by atoms with E-state index in [0.717, 1.165) is 22.8 Å². The molecule has 1 heterocycles. The lowest BCUT2D eigenvalue weighted by atomic mass is 10.2. The number of thiocarbonyl (C=S) groups is 1. The Kier molecular flexibility index (Phi) is 7.57. The van der Waals surface area contributed by atoms with Crippen molar-refractivity contribution in [3.05, 3.63) is 72.2 Å². The second-order valence-corrected chi connectivity index (χ2v) is 6.86. The molecule has 3 rings (SSSR count). The maximum Gasteiger partial charge on any atom is 0.174 e.